The van der Waals surface area contributed by atoms with Gasteiger partial charge in [0.2, 0.25) is 0 Å². The van der Waals surface area contributed by atoms with Crippen LogP contribution in [0.15, 0.2) is 72.3 Å². The topological polar surface area (TPSA) is 57.6 Å². The summed E-state index contributed by atoms with van der Waals surface area (Å²) in [6.07, 6.45) is 0.654. The highest BCUT2D eigenvalue weighted by atomic mass is 19.1. The standard InChI is InChI=1S/C24H20FNO3/c1-2-13-26-21(16-9-11-19(25)12-10-16)20(23(28)24(26)29)22(27)18-8-7-15-5-3-4-6-17(15)14-18/h3-12,14,21,27H,2,13H2,1H3/b22-20-. The maximum atomic E-state index is 13.4. The van der Waals surface area contributed by atoms with Crippen molar-refractivity contribution in [2.45, 2.75) is 19.4 Å². The van der Waals surface area contributed by atoms with Gasteiger partial charge in [-0.25, -0.2) is 4.39 Å². The zero-order chi connectivity index (χ0) is 20.5. The van der Waals surface area contributed by atoms with Gasteiger partial charge in [0, 0.05) is 12.1 Å². The van der Waals surface area contributed by atoms with Crippen molar-refractivity contribution in [3.05, 3.63) is 89.2 Å². The van der Waals surface area contributed by atoms with Gasteiger partial charge >= 0.3 is 0 Å². The van der Waals surface area contributed by atoms with Crippen LogP contribution < -0.4 is 0 Å². The molecule has 4 rings (SSSR count). The van der Waals surface area contributed by atoms with Crippen molar-refractivity contribution in [3.63, 3.8) is 0 Å². The molecule has 1 heterocycles. The first-order chi connectivity index (χ1) is 14.0. The third kappa shape index (κ3) is 3.29. The number of amides is 1. The number of benzene rings is 3. The van der Waals surface area contributed by atoms with Crippen LogP contribution in [0, 0.1) is 5.82 Å². The molecule has 0 aliphatic carbocycles. The maximum Gasteiger partial charge on any atom is 0.295 e. The fourth-order valence-electron chi connectivity index (χ4n) is 3.84. The molecule has 1 amide bonds. The van der Waals surface area contributed by atoms with Crippen LogP contribution >= 0.6 is 0 Å². The van der Waals surface area contributed by atoms with Gasteiger partial charge < -0.3 is 10.0 Å². The molecule has 5 heteroatoms. The lowest BCUT2D eigenvalue weighted by Gasteiger charge is -2.24. The van der Waals surface area contributed by atoms with Gasteiger partial charge in [0.1, 0.15) is 11.6 Å². The van der Waals surface area contributed by atoms with Crippen LogP contribution in [0.5, 0.6) is 0 Å². The molecule has 3 aromatic rings. The van der Waals surface area contributed by atoms with Gasteiger partial charge in [0.05, 0.1) is 11.6 Å². The Hall–Kier alpha value is -3.47. The van der Waals surface area contributed by atoms with Crippen LogP contribution in [0.3, 0.4) is 0 Å². The Morgan fingerprint density at radius 3 is 2.38 bits per heavy atom. The number of aliphatic hydroxyl groups excluding tert-OH is 1. The first-order valence-electron chi connectivity index (χ1n) is 9.54. The summed E-state index contributed by atoms with van der Waals surface area (Å²) < 4.78 is 13.4. The van der Waals surface area contributed by atoms with E-state index in [4.69, 9.17) is 0 Å². The Balaban J connectivity index is 1.89. The minimum Gasteiger partial charge on any atom is -0.507 e. The molecule has 1 atom stereocenters. The lowest BCUT2D eigenvalue weighted by molar-refractivity contribution is -0.139. The second-order valence-corrected chi connectivity index (χ2v) is 7.11. The number of halogens is 1. The highest BCUT2D eigenvalue weighted by Crippen LogP contribution is 2.39. The molecular formula is C24H20FNO3. The predicted octanol–water partition coefficient (Wildman–Crippen LogP) is 4.81. The third-order valence-corrected chi connectivity index (χ3v) is 5.21. The molecule has 0 bridgehead atoms. The molecule has 4 nitrogen and oxygen atoms in total. The van der Waals surface area contributed by atoms with Crippen LogP contribution in [0.1, 0.15) is 30.5 Å². The summed E-state index contributed by atoms with van der Waals surface area (Å²) in [4.78, 5) is 26.9. The molecule has 0 spiro atoms. The van der Waals surface area contributed by atoms with Crippen molar-refractivity contribution in [3.8, 4) is 0 Å². The zero-order valence-electron chi connectivity index (χ0n) is 15.9. The van der Waals surface area contributed by atoms with Crippen molar-refractivity contribution < 1.29 is 19.1 Å². The monoisotopic (exact) mass is 389 g/mol. The number of fused-ring (bicyclic) bond motifs is 1. The number of likely N-dealkylation sites (tertiary alicyclic amines) is 1. The van der Waals surface area contributed by atoms with Crippen LogP contribution in [0.2, 0.25) is 0 Å². The lowest BCUT2D eigenvalue weighted by Crippen LogP contribution is -2.30. The Bertz CT molecular complexity index is 1130. The molecule has 1 aliphatic heterocycles. The summed E-state index contributed by atoms with van der Waals surface area (Å²) in [6.45, 7) is 2.27. The zero-order valence-corrected chi connectivity index (χ0v) is 15.9. The van der Waals surface area contributed by atoms with Crippen molar-refractivity contribution >= 4 is 28.2 Å². The number of rotatable bonds is 4. The van der Waals surface area contributed by atoms with Crippen LogP contribution in [0.4, 0.5) is 4.39 Å². The van der Waals surface area contributed by atoms with E-state index in [1.165, 1.54) is 17.0 Å². The molecule has 1 aliphatic rings. The summed E-state index contributed by atoms with van der Waals surface area (Å²) >= 11 is 0. The first kappa shape index (κ1) is 18.9. The quantitative estimate of drug-likeness (QED) is 0.396. The number of ketones is 1. The Morgan fingerprint density at radius 1 is 1.00 bits per heavy atom. The van der Waals surface area contributed by atoms with Crippen LogP contribution in [0.25, 0.3) is 16.5 Å². The molecule has 1 N–H and O–H groups in total. The second kappa shape index (κ2) is 7.51. The van der Waals surface area contributed by atoms with E-state index in [0.29, 0.717) is 24.1 Å². The number of hydrogen-bond donors (Lipinski definition) is 1. The maximum absolute atomic E-state index is 13.4. The minimum atomic E-state index is -0.748. The molecule has 1 unspecified atom stereocenters. The molecule has 29 heavy (non-hydrogen) atoms. The molecule has 0 saturated carbocycles. The summed E-state index contributed by atoms with van der Waals surface area (Å²) in [5.74, 6) is -2.00. The van der Waals surface area contributed by atoms with Crippen LogP contribution in [-0.2, 0) is 9.59 Å². The number of carbonyl (C=O) groups excluding carboxylic acids is 2. The summed E-state index contributed by atoms with van der Waals surface area (Å²) in [7, 11) is 0. The molecule has 0 radical (unpaired) electrons. The Morgan fingerprint density at radius 2 is 1.69 bits per heavy atom. The van der Waals surface area contributed by atoms with Gasteiger partial charge in [-0.05, 0) is 41.0 Å². The fraction of sp³-hybridized carbons (Fsp3) is 0.167. The van der Waals surface area contributed by atoms with E-state index in [2.05, 4.69) is 0 Å². The van der Waals surface area contributed by atoms with Gasteiger partial charge in [-0.15, -0.1) is 0 Å². The molecule has 1 fully saturated rings. The van der Waals surface area contributed by atoms with E-state index in [1.807, 2.05) is 37.3 Å². The largest absolute Gasteiger partial charge is 0.507 e. The van der Waals surface area contributed by atoms with Gasteiger partial charge in [-0.2, -0.15) is 0 Å². The van der Waals surface area contributed by atoms with Crippen molar-refractivity contribution in [1.29, 1.82) is 0 Å². The summed E-state index contributed by atoms with van der Waals surface area (Å²) in [5.41, 5.74) is 1.08. The average Bonchev–Trinajstić information content (AvgIpc) is 2.99. The van der Waals surface area contributed by atoms with E-state index in [9.17, 15) is 19.1 Å². The Labute approximate surface area is 167 Å². The molecule has 146 valence electrons. The number of aliphatic hydroxyl groups is 1. The molecule has 0 aromatic heterocycles. The second-order valence-electron chi connectivity index (χ2n) is 7.11. The first-order valence-corrected chi connectivity index (χ1v) is 9.54. The average molecular weight is 389 g/mol. The fourth-order valence-corrected chi connectivity index (χ4v) is 3.84. The van der Waals surface area contributed by atoms with E-state index < -0.39 is 23.5 Å². The molecule has 1 saturated heterocycles. The molecular weight excluding hydrogens is 369 g/mol. The number of hydrogen-bond acceptors (Lipinski definition) is 3. The summed E-state index contributed by atoms with van der Waals surface area (Å²) in [6, 6.07) is 18.0. The summed E-state index contributed by atoms with van der Waals surface area (Å²) in [5, 5.41) is 13.0. The van der Waals surface area contributed by atoms with Crippen molar-refractivity contribution in [2.75, 3.05) is 6.54 Å². The van der Waals surface area contributed by atoms with E-state index in [0.717, 1.165) is 10.8 Å². The van der Waals surface area contributed by atoms with Gasteiger partial charge in [-0.1, -0.05) is 55.5 Å². The Kier molecular flexibility index (Phi) is 4.89. The van der Waals surface area contributed by atoms with E-state index >= 15 is 0 Å². The molecule has 3 aromatic carbocycles. The van der Waals surface area contributed by atoms with Gasteiger partial charge in [-0.3, -0.25) is 9.59 Å². The van der Waals surface area contributed by atoms with Gasteiger partial charge in [0.25, 0.3) is 11.7 Å². The SMILES string of the molecule is CCCN1C(=O)C(=O)/C(=C(\O)c2ccc3ccccc3c2)C1c1ccc(F)cc1. The number of carbonyl (C=O) groups is 2. The highest BCUT2D eigenvalue weighted by molar-refractivity contribution is 6.46. The van der Waals surface area contributed by atoms with Crippen molar-refractivity contribution in [2.24, 2.45) is 0 Å². The number of Topliss-reactive ketones (excluding diaryl/α,β-unsaturated/α-hetero) is 1. The van der Waals surface area contributed by atoms with Crippen LogP contribution in [-0.4, -0.2) is 28.2 Å². The van der Waals surface area contributed by atoms with Gasteiger partial charge in [0.15, 0.2) is 0 Å². The normalized spacial score (nSPS) is 18.6. The lowest BCUT2D eigenvalue weighted by atomic mass is 9.94. The highest BCUT2D eigenvalue weighted by Gasteiger charge is 2.45. The smallest absolute Gasteiger partial charge is 0.295 e. The van der Waals surface area contributed by atoms with E-state index in [-0.39, 0.29) is 11.3 Å². The number of nitrogens with zero attached hydrogens (tertiary/aromatic N) is 1. The minimum absolute atomic E-state index is 0.0327. The predicted molar refractivity (Wildman–Crippen MR) is 110 cm³/mol. The third-order valence-electron chi connectivity index (χ3n) is 5.21. The van der Waals surface area contributed by atoms with Crippen molar-refractivity contribution in [1.82, 2.24) is 4.90 Å². The van der Waals surface area contributed by atoms with E-state index in [1.54, 1.807) is 24.3 Å².